The Kier molecular flexibility index (Phi) is 5.06. The number of aryl methyl sites for hydroxylation is 1. The van der Waals surface area contributed by atoms with Gasteiger partial charge in [-0.1, -0.05) is 58.2 Å². The molecule has 1 amide bonds. The van der Waals surface area contributed by atoms with Gasteiger partial charge < -0.3 is 9.42 Å². The van der Waals surface area contributed by atoms with E-state index in [9.17, 15) is 4.79 Å². The molecule has 128 valence electrons. The largest absolute Gasteiger partial charge is 0.337 e. The zero-order valence-corrected chi connectivity index (χ0v) is 15.2. The van der Waals surface area contributed by atoms with E-state index in [0.717, 1.165) is 11.1 Å². The molecule has 0 aliphatic carbocycles. The van der Waals surface area contributed by atoms with Crippen LogP contribution in [-0.2, 0) is 6.54 Å². The molecule has 3 aromatic rings. The maximum Gasteiger partial charge on any atom is 0.255 e. The van der Waals surface area contributed by atoms with Gasteiger partial charge in [-0.05, 0) is 25.1 Å². The van der Waals surface area contributed by atoms with Gasteiger partial charge in [0.1, 0.15) is 0 Å². The van der Waals surface area contributed by atoms with Crippen molar-refractivity contribution in [2.75, 3.05) is 7.05 Å². The summed E-state index contributed by atoms with van der Waals surface area (Å²) in [5, 5.41) is 4.75. The van der Waals surface area contributed by atoms with Crippen LogP contribution in [0.25, 0.3) is 11.4 Å². The first-order chi connectivity index (χ1) is 11.9. The molecule has 0 bridgehead atoms. The van der Waals surface area contributed by atoms with E-state index in [1.807, 2.05) is 31.2 Å². The monoisotopic (exact) mass is 375 g/mol. The zero-order chi connectivity index (χ0) is 18.0. The van der Waals surface area contributed by atoms with Crippen LogP contribution in [0.15, 0.2) is 47.0 Å². The van der Waals surface area contributed by atoms with Gasteiger partial charge in [-0.15, -0.1) is 0 Å². The summed E-state index contributed by atoms with van der Waals surface area (Å²) in [6.45, 7) is 2.17. The fraction of sp³-hybridized carbons (Fsp3) is 0.167. The van der Waals surface area contributed by atoms with Crippen LogP contribution in [0.2, 0.25) is 10.0 Å². The molecular weight excluding hydrogens is 361 g/mol. The Hall–Kier alpha value is -2.37. The Morgan fingerprint density at radius 2 is 1.88 bits per heavy atom. The van der Waals surface area contributed by atoms with Crippen LogP contribution in [0.5, 0.6) is 0 Å². The lowest BCUT2D eigenvalue weighted by Gasteiger charge is -2.15. The van der Waals surface area contributed by atoms with Gasteiger partial charge >= 0.3 is 0 Å². The van der Waals surface area contributed by atoms with Crippen LogP contribution >= 0.6 is 23.2 Å². The first-order valence-corrected chi connectivity index (χ1v) is 8.30. The van der Waals surface area contributed by atoms with Crippen molar-refractivity contribution < 1.29 is 9.32 Å². The first-order valence-electron chi connectivity index (χ1n) is 7.54. The summed E-state index contributed by atoms with van der Waals surface area (Å²) in [6.07, 6.45) is 0. The molecule has 3 rings (SSSR count). The van der Waals surface area contributed by atoms with Gasteiger partial charge in [-0.2, -0.15) is 4.98 Å². The van der Waals surface area contributed by atoms with E-state index in [2.05, 4.69) is 10.1 Å². The van der Waals surface area contributed by atoms with Crippen molar-refractivity contribution in [3.63, 3.8) is 0 Å². The van der Waals surface area contributed by atoms with Gasteiger partial charge in [0.15, 0.2) is 0 Å². The molecule has 2 aromatic carbocycles. The minimum Gasteiger partial charge on any atom is -0.337 e. The van der Waals surface area contributed by atoms with Crippen molar-refractivity contribution in [3.8, 4) is 11.4 Å². The molecule has 0 aliphatic rings. The second-order valence-corrected chi connectivity index (χ2v) is 6.51. The molecule has 0 radical (unpaired) electrons. The van der Waals surface area contributed by atoms with E-state index in [-0.39, 0.29) is 12.5 Å². The van der Waals surface area contributed by atoms with Crippen molar-refractivity contribution in [2.45, 2.75) is 13.5 Å². The third-order valence-electron chi connectivity index (χ3n) is 3.66. The highest BCUT2D eigenvalue weighted by molar-refractivity contribution is 6.35. The Morgan fingerprint density at radius 1 is 1.16 bits per heavy atom. The number of hydrogen-bond donors (Lipinski definition) is 0. The topological polar surface area (TPSA) is 59.2 Å². The van der Waals surface area contributed by atoms with Crippen LogP contribution in [0.3, 0.4) is 0 Å². The molecule has 0 fully saturated rings. The number of carbonyl (C=O) groups excluding carboxylic acids is 1. The van der Waals surface area contributed by atoms with Gasteiger partial charge in [-0.25, -0.2) is 0 Å². The van der Waals surface area contributed by atoms with E-state index < -0.39 is 0 Å². The number of rotatable bonds is 4. The smallest absolute Gasteiger partial charge is 0.255 e. The minimum atomic E-state index is -0.275. The first kappa shape index (κ1) is 17.5. The van der Waals surface area contributed by atoms with E-state index in [4.69, 9.17) is 27.7 Å². The molecule has 1 aromatic heterocycles. The van der Waals surface area contributed by atoms with Gasteiger partial charge in [0.2, 0.25) is 11.7 Å². The number of benzene rings is 2. The summed E-state index contributed by atoms with van der Waals surface area (Å²) in [4.78, 5) is 18.3. The Balaban J connectivity index is 1.75. The molecule has 5 nitrogen and oxygen atoms in total. The summed E-state index contributed by atoms with van der Waals surface area (Å²) in [5.41, 5.74) is 2.33. The minimum absolute atomic E-state index is 0.167. The van der Waals surface area contributed by atoms with E-state index in [1.54, 1.807) is 19.2 Å². The highest BCUT2D eigenvalue weighted by Crippen LogP contribution is 2.23. The zero-order valence-electron chi connectivity index (χ0n) is 13.7. The Labute approximate surface area is 155 Å². The van der Waals surface area contributed by atoms with Gasteiger partial charge in [-0.3, -0.25) is 4.79 Å². The maximum atomic E-state index is 12.5. The molecule has 0 atom stereocenters. The summed E-state index contributed by atoms with van der Waals surface area (Å²) in [6, 6.07) is 12.5. The lowest BCUT2D eigenvalue weighted by Crippen LogP contribution is -2.26. The number of carbonyl (C=O) groups is 1. The number of halogens is 2. The van der Waals surface area contributed by atoms with E-state index in [0.29, 0.717) is 27.3 Å². The molecule has 0 saturated carbocycles. The number of amides is 1. The lowest BCUT2D eigenvalue weighted by molar-refractivity contribution is 0.0769. The van der Waals surface area contributed by atoms with E-state index in [1.165, 1.54) is 11.0 Å². The summed E-state index contributed by atoms with van der Waals surface area (Å²) >= 11 is 12.0. The van der Waals surface area contributed by atoms with Crippen molar-refractivity contribution in [1.82, 2.24) is 15.0 Å². The maximum absolute atomic E-state index is 12.5. The highest BCUT2D eigenvalue weighted by Gasteiger charge is 2.18. The molecular formula is C18H15Cl2N3O2. The van der Waals surface area contributed by atoms with Crippen LogP contribution in [0, 0.1) is 6.92 Å². The lowest BCUT2D eigenvalue weighted by atomic mass is 10.1. The van der Waals surface area contributed by atoms with Crippen LogP contribution in [-0.4, -0.2) is 28.0 Å². The summed E-state index contributed by atoms with van der Waals surface area (Å²) in [7, 11) is 1.63. The second kappa shape index (κ2) is 7.25. The van der Waals surface area contributed by atoms with Crippen LogP contribution in [0.4, 0.5) is 0 Å². The van der Waals surface area contributed by atoms with Crippen molar-refractivity contribution in [1.29, 1.82) is 0 Å². The third-order valence-corrected chi connectivity index (χ3v) is 4.22. The molecule has 7 heteroatoms. The van der Waals surface area contributed by atoms with Crippen molar-refractivity contribution in [3.05, 3.63) is 69.5 Å². The molecule has 0 aliphatic heterocycles. The SMILES string of the molecule is Cc1ccc(-c2noc(CN(C)C(=O)c3cc(Cl)ccc3Cl)n2)cc1. The van der Waals surface area contributed by atoms with Crippen molar-refractivity contribution in [2.24, 2.45) is 0 Å². The average molecular weight is 376 g/mol. The molecule has 0 N–H and O–H groups in total. The number of aromatic nitrogens is 2. The fourth-order valence-corrected chi connectivity index (χ4v) is 2.65. The molecule has 0 spiro atoms. The molecule has 0 saturated heterocycles. The highest BCUT2D eigenvalue weighted by atomic mass is 35.5. The average Bonchev–Trinajstić information content (AvgIpc) is 3.05. The van der Waals surface area contributed by atoms with Gasteiger partial charge in [0.05, 0.1) is 17.1 Å². The van der Waals surface area contributed by atoms with Crippen molar-refractivity contribution >= 4 is 29.1 Å². The standard InChI is InChI=1S/C18H15Cl2N3O2/c1-11-3-5-12(6-4-11)17-21-16(25-22-17)10-23(2)18(24)14-9-13(19)7-8-15(14)20/h3-9H,10H2,1-2H3. The summed E-state index contributed by atoms with van der Waals surface area (Å²) in [5.74, 6) is 0.545. The van der Waals surface area contributed by atoms with Gasteiger partial charge in [0, 0.05) is 17.6 Å². The fourth-order valence-electron chi connectivity index (χ4n) is 2.28. The molecule has 1 heterocycles. The third kappa shape index (κ3) is 4.00. The predicted molar refractivity (Wildman–Crippen MR) is 96.7 cm³/mol. The molecule has 25 heavy (non-hydrogen) atoms. The Morgan fingerprint density at radius 3 is 2.60 bits per heavy atom. The van der Waals surface area contributed by atoms with Gasteiger partial charge in [0.25, 0.3) is 5.91 Å². The normalized spacial score (nSPS) is 10.7. The quantitative estimate of drug-likeness (QED) is 0.667. The number of hydrogen-bond acceptors (Lipinski definition) is 4. The number of nitrogens with zero attached hydrogens (tertiary/aromatic N) is 3. The van der Waals surface area contributed by atoms with E-state index >= 15 is 0 Å². The molecule has 0 unspecified atom stereocenters. The predicted octanol–water partition coefficient (Wildman–Crippen LogP) is 4.62. The summed E-state index contributed by atoms with van der Waals surface area (Å²) < 4.78 is 5.25. The van der Waals surface area contributed by atoms with Crippen LogP contribution < -0.4 is 0 Å². The Bertz CT molecular complexity index is 907. The van der Waals surface area contributed by atoms with Crippen LogP contribution in [0.1, 0.15) is 21.8 Å². The second-order valence-electron chi connectivity index (χ2n) is 5.66.